The highest BCUT2D eigenvalue weighted by atomic mass is 32.2. The third kappa shape index (κ3) is 3.38. The Labute approximate surface area is 130 Å². The molecule has 0 aromatic carbocycles. The Bertz CT molecular complexity index is 369. The zero-order valence-electron chi connectivity index (χ0n) is 13.0. The van der Waals surface area contributed by atoms with Crippen molar-refractivity contribution in [3.05, 3.63) is 0 Å². The van der Waals surface area contributed by atoms with Crippen LogP contribution in [-0.4, -0.2) is 77.6 Å². The third-order valence-corrected chi connectivity index (χ3v) is 6.85. The lowest BCUT2D eigenvalue weighted by Crippen LogP contribution is -2.58. The third-order valence-electron chi connectivity index (χ3n) is 5.57. The van der Waals surface area contributed by atoms with E-state index in [2.05, 4.69) is 10.2 Å². The van der Waals surface area contributed by atoms with Crippen LogP contribution in [0.25, 0.3) is 0 Å². The van der Waals surface area contributed by atoms with Gasteiger partial charge in [0.25, 0.3) is 0 Å². The minimum atomic E-state index is -0.572. The summed E-state index contributed by atoms with van der Waals surface area (Å²) in [5.74, 6) is 1.95. The van der Waals surface area contributed by atoms with Gasteiger partial charge in [0.05, 0.1) is 6.54 Å². The molecule has 5 nitrogen and oxygen atoms in total. The number of amides is 1. The quantitative estimate of drug-likeness (QED) is 0.748. The highest BCUT2D eigenvalue weighted by Crippen LogP contribution is 2.51. The van der Waals surface area contributed by atoms with E-state index in [1.807, 2.05) is 11.9 Å². The first-order valence-corrected chi connectivity index (χ1v) is 9.62. The lowest BCUT2D eigenvalue weighted by atomic mass is 9.60. The number of hydrogen-bond acceptors (Lipinski definition) is 4. The minimum Gasteiger partial charge on any atom is -0.616 e. The molecule has 0 aromatic heterocycles. The first-order chi connectivity index (χ1) is 10.1. The summed E-state index contributed by atoms with van der Waals surface area (Å²) in [4.78, 5) is 16.4. The van der Waals surface area contributed by atoms with E-state index in [0.29, 0.717) is 18.0 Å². The Balaban J connectivity index is 1.43. The SMILES string of the molecule is CNCC(=O)N1CCC2(CC1)CC(N1CC[S+]([O-])CC1)C2. The van der Waals surface area contributed by atoms with Gasteiger partial charge in [-0.05, 0) is 38.1 Å². The van der Waals surface area contributed by atoms with Gasteiger partial charge < -0.3 is 14.8 Å². The molecule has 6 heteroatoms. The summed E-state index contributed by atoms with van der Waals surface area (Å²) in [6, 6.07) is 0.710. The monoisotopic (exact) mass is 313 g/mol. The summed E-state index contributed by atoms with van der Waals surface area (Å²) in [6.45, 7) is 4.34. The summed E-state index contributed by atoms with van der Waals surface area (Å²) in [5.41, 5.74) is 0.498. The Morgan fingerprint density at radius 1 is 1.24 bits per heavy atom. The Hall–Kier alpha value is -0.300. The molecule has 3 fully saturated rings. The van der Waals surface area contributed by atoms with Crippen LogP contribution in [0, 0.1) is 5.41 Å². The molecule has 2 heterocycles. The number of piperidine rings is 1. The Morgan fingerprint density at radius 3 is 2.43 bits per heavy atom. The van der Waals surface area contributed by atoms with Gasteiger partial charge in [-0.25, -0.2) is 0 Å². The van der Waals surface area contributed by atoms with Crippen LogP contribution in [0.5, 0.6) is 0 Å². The van der Waals surface area contributed by atoms with E-state index in [1.165, 1.54) is 25.7 Å². The van der Waals surface area contributed by atoms with Crippen molar-refractivity contribution in [3.8, 4) is 0 Å². The number of rotatable bonds is 3. The van der Waals surface area contributed by atoms with Gasteiger partial charge in [0.15, 0.2) is 0 Å². The molecule has 1 spiro atoms. The molecule has 0 atom stereocenters. The molecule has 0 unspecified atom stereocenters. The van der Waals surface area contributed by atoms with Gasteiger partial charge in [-0.15, -0.1) is 0 Å². The topological polar surface area (TPSA) is 58.6 Å². The fourth-order valence-corrected chi connectivity index (χ4v) is 5.20. The first-order valence-electron chi connectivity index (χ1n) is 8.13. The maximum atomic E-state index is 11.9. The average molecular weight is 313 g/mol. The summed E-state index contributed by atoms with van der Waals surface area (Å²) in [5, 5.41) is 2.94. The second-order valence-corrected chi connectivity index (χ2v) is 8.55. The molecule has 0 radical (unpaired) electrons. The van der Waals surface area contributed by atoms with Crippen LogP contribution < -0.4 is 5.32 Å². The molecular formula is C15H27N3O2S. The maximum absolute atomic E-state index is 11.9. The van der Waals surface area contributed by atoms with Gasteiger partial charge in [-0.2, -0.15) is 0 Å². The summed E-state index contributed by atoms with van der Waals surface area (Å²) >= 11 is -0.572. The van der Waals surface area contributed by atoms with E-state index in [0.717, 1.165) is 37.7 Å². The zero-order valence-corrected chi connectivity index (χ0v) is 13.8. The van der Waals surface area contributed by atoms with Crippen molar-refractivity contribution >= 4 is 17.1 Å². The van der Waals surface area contributed by atoms with E-state index < -0.39 is 11.2 Å². The van der Waals surface area contributed by atoms with Crippen LogP contribution in [0.1, 0.15) is 25.7 Å². The predicted octanol–water partition coefficient (Wildman–Crippen LogP) is 0.0413. The number of nitrogens with zero attached hydrogens (tertiary/aromatic N) is 2. The molecule has 1 aliphatic carbocycles. The van der Waals surface area contributed by atoms with Crippen LogP contribution in [0.3, 0.4) is 0 Å². The lowest BCUT2D eigenvalue weighted by Gasteiger charge is -2.55. The molecule has 2 aliphatic heterocycles. The molecule has 1 N–H and O–H groups in total. The van der Waals surface area contributed by atoms with Gasteiger partial charge in [0.1, 0.15) is 11.5 Å². The number of nitrogens with one attached hydrogen (secondary N) is 1. The molecule has 21 heavy (non-hydrogen) atoms. The lowest BCUT2D eigenvalue weighted by molar-refractivity contribution is -0.134. The van der Waals surface area contributed by atoms with E-state index in [-0.39, 0.29) is 5.91 Å². The zero-order chi connectivity index (χ0) is 14.9. The number of likely N-dealkylation sites (N-methyl/N-ethyl adjacent to an activating group) is 1. The fourth-order valence-electron chi connectivity index (χ4n) is 4.12. The van der Waals surface area contributed by atoms with E-state index in [4.69, 9.17) is 0 Å². The van der Waals surface area contributed by atoms with E-state index in [1.54, 1.807) is 0 Å². The summed E-state index contributed by atoms with van der Waals surface area (Å²) in [7, 11) is 1.82. The standard InChI is InChI=1S/C15H27N3O2S/c1-16-12-14(19)18-4-2-15(3-5-18)10-13(11-15)17-6-8-21(20)9-7-17/h13,16H,2-12H2,1H3. The van der Waals surface area contributed by atoms with Gasteiger partial charge in [0.2, 0.25) is 5.91 Å². The molecule has 120 valence electrons. The molecule has 2 saturated heterocycles. The van der Waals surface area contributed by atoms with Gasteiger partial charge in [-0.1, -0.05) is 11.2 Å². The Morgan fingerprint density at radius 2 is 1.86 bits per heavy atom. The van der Waals surface area contributed by atoms with Crippen molar-refractivity contribution in [1.82, 2.24) is 15.1 Å². The first kappa shape index (κ1) is 15.6. The predicted molar refractivity (Wildman–Crippen MR) is 84.6 cm³/mol. The molecule has 3 rings (SSSR count). The van der Waals surface area contributed by atoms with Gasteiger partial charge >= 0.3 is 0 Å². The van der Waals surface area contributed by atoms with E-state index >= 15 is 0 Å². The summed E-state index contributed by atoms with van der Waals surface area (Å²) in [6.07, 6.45) is 4.90. The number of carbonyl (C=O) groups excluding carboxylic acids is 1. The highest BCUT2D eigenvalue weighted by molar-refractivity contribution is 7.91. The van der Waals surface area contributed by atoms with Crippen LogP contribution in [-0.2, 0) is 16.0 Å². The van der Waals surface area contributed by atoms with E-state index in [9.17, 15) is 9.35 Å². The normalized spacial score (nSPS) is 27.8. The second-order valence-electron chi connectivity index (χ2n) is 6.86. The maximum Gasteiger partial charge on any atom is 0.236 e. The Kier molecular flexibility index (Phi) is 4.78. The molecule has 3 aliphatic rings. The highest BCUT2D eigenvalue weighted by Gasteiger charge is 2.48. The number of carbonyl (C=O) groups is 1. The van der Waals surface area contributed by atoms with Crippen LogP contribution in [0.15, 0.2) is 0 Å². The van der Waals surface area contributed by atoms with Crippen molar-refractivity contribution < 1.29 is 9.35 Å². The molecule has 1 saturated carbocycles. The van der Waals surface area contributed by atoms with Crippen LogP contribution in [0.4, 0.5) is 0 Å². The van der Waals surface area contributed by atoms with Crippen molar-refractivity contribution in [1.29, 1.82) is 0 Å². The smallest absolute Gasteiger partial charge is 0.236 e. The van der Waals surface area contributed by atoms with Crippen LogP contribution in [0.2, 0.25) is 0 Å². The minimum absolute atomic E-state index is 0.238. The number of hydrogen-bond donors (Lipinski definition) is 1. The molecular weight excluding hydrogens is 286 g/mol. The van der Waals surface area contributed by atoms with Crippen molar-refractivity contribution in [3.63, 3.8) is 0 Å². The average Bonchev–Trinajstić information content (AvgIpc) is 2.46. The van der Waals surface area contributed by atoms with Crippen molar-refractivity contribution in [2.75, 3.05) is 51.3 Å². The number of likely N-dealkylation sites (tertiary alicyclic amines) is 1. The molecule has 0 aromatic rings. The van der Waals surface area contributed by atoms with Crippen molar-refractivity contribution in [2.45, 2.75) is 31.7 Å². The summed E-state index contributed by atoms with van der Waals surface area (Å²) < 4.78 is 11.4. The van der Waals surface area contributed by atoms with Crippen molar-refractivity contribution in [2.24, 2.45) is 5.41 Å². The second kappa shape index (κ2) is 6.44. The fraction of sp³-hybridized carbons (Fsp3) is 0.933. The van der Waals surface area contributed by atoms with Crippen LogP contribution >= 0.6 is 0 Å². The molecule has 1 amide bonds. The van der Waals surface area contributed by atoms with Gasteiger partial charge in [0, 0.05) is 32.2 Å². The molecule has 0 bridgehead atoms. The largest absolute Gasteiger partial charge is 0.616 e. The van der Waals surface area contributed by atoms with Gasteiger partial charge in [-0.3, -0.25) is 9.69 Å².